The molecule has 0 saturated carbocycles. The molecule has 1 aromatic heterocycles. The molecule has 0 unspecified atom stereocenters. The number of anilines is 1. The Kier molecular flexibility index (Phi) is 2.62. The first-order chi connectivity index (χ1) is 7.58. The second-order valence-electron chi connectivity index (χ2n) is 3.10. The van der Waals surface area contributed by atoms with Crippen molar-refractivity contribution in [3.05, 3.63) is 35.2 Å². The number of aromatic hydroxyl groups is 1. The average molecular weight is 240 g/mol. The van der Waals surface area contributed by atoms with E-state index in [1.54, 1.807) is 0 Å². The summed E-state index contributed by atoms with van der Waals surface area (Å²) < 4.78 is 13.0. The average Bonchev–Trinajstić information content (AvgIpc) is 2.26. The van der Waals surface area contributed by atoms with E-state index in [1.807, 2.05) is 0 Å². The maximum Gasteiger partial charge on any atom is 0.233 e. The molecule has 0 radical (unpaired) electrons. The van der Waals surface area contributed by atoms with Crippen molar-refractivity contribution in [3.8, 4) is 17.3 Å². The van der Waals surface area contributed by atoms with Gasteiger partial charge in [-0.1, -0.05) is 11.6 Å². The van der Waals surface area contributed by atoms with Crippen molar-refractivity contribution < 1.29 is 9.50 Å². The number of aromatic nitrogens is 2. The molecule has 3 N–H and O–H groups in total. The van der Waals surface area contributed by atoms with Crippen LogP contribution in [-0.2, 0) is 0 Å². The fraction of sp³-hybridized carbons (Fsp3) is 0. The molecule has 0 bridgehead atoms. The number of halogens is 2. The van der Waals surface area contributed by atoms with Crippen LogP contribution in [-0.4, -0.2) is 15.1 Å². The maximum atomic E-state index is 13.0. The zero-order chi connectivity index (χ0) is 11.7. The number of benzene rings is 1. The molecule has 82 valence electrons. The summed E-state index contributed by atoms with van der Waals surface area (Å²) >= 11 is 5.56. The van der Waals surface area contributed by atoms with E-state index in [4.69, 9.17) is 17.3 Å². The van der Waals surface area contributed by atoms with Crippen LogP contribution in [0.2, 0.25) is 5.02 Å². The fourth-order valence-corrected chi connectivity index (χ4v) is 1.30. The number of hydrogen-bond donors (Lipinski definition) is 2. The lowest BCUT2D eigenvalue weighted by Gasteiger charge is -2.04. The molecule has 0 aliphatic rings. The number of nitrogen functional groups attached to an aromatic ring is 1. The molecular formula is C10H7ClFN3O. The number of nitrogens with two attached hydrogens (primary N) is 1. The minimum Gasteiger partial charge on any atom is -0.492 e. The Morgan fingerprint density at radius 1 is 1.38 bits per heavy atom. The van der Waals surface area contributed by atoms with Crippen molar-refractivity contribution in [1.29, 1.82) is 0 Å². The summed E-state index contributed by atoms with van der Waals surface area (Å²) in [4.78, 5) is 7.57. The van der Waals surface area contributed by atoms with Crippen molar-refractivity contribution in [3.63, 3.8) is 0 Å². The number of hydrogen-bond acceptors (Lipinski definition) is 4. The van der Waals surface area contributed by atoms with Crippen LogP contribution in [0.25, 0.3) is 11.4 Å². The Morgan fingerprint density at radius 2 is 2.12 bits per heavy atom. The van der Waals surface area contributed by atoms with Gasteiger partial charge in [-0.2, -0.15) is 4.98 Å². The first kappa shape index (κ1) is 10.6. The minimum atomic E-state index is -0.456. The predicted octanol–water partition coefficient (Wildman–Crippen LogP) is 2.22. The standard InChI is InChI=1S/C10H7ClFN3O/c11-7-4-14-9(15-10(7)16)6-3-5(12)1-2-8(6)13/h1-4H,13H2,(H,14,15,16). The maximum absolute atomic E-state index is 13.0. The smallest absolute Gasteiger partial charge is 0.233 e. The van der Waals surface area contributed by atoms with E-state index >= 15 is 0 Å². The van der Waals surface area contributed by atoms with Gasteiger partial charge in [-0.3, -0.25) is 0 Å². The van der Waals surface area contributed by atoms with Crippen molar-refractivity contribution in [2.75, 3.05) is 5.73 Å². The van der Waals surface area contributed by atoms with Gasteiger partial charge in [0.15, 0.2) is 5.82 Å². The van der Waals surface area contributed by atoms with Crippen LogP contribution in [0.1, 0.15) is 0 Å². The van der Waals surface area contributed by atoms with E-state index in [0.29, 0.717) is 11.3 Å². The van der Waals surface area contributed by atoms with Crippen molar-refractivity contribution in [1.82, 2.24) is 9.97 Å². The SMILES string of the molecule is Nc1ccc(F)cc1-c1ncc(Cl)c(O)n1. The van der Waals surface area contributed by atoms with Gasteiger partial charge in [0.25, 0.3) is 0 Å². The quantitative estimate of drug-likeness (QED) is 0.749. The highest BCUT2D eigenvalue weighted by atomic mass is 35.5. The topological polar surface area (TPSA) is 72.0 Å². The predicted molar refractivity (Wildman–Crippen MR) is 58.5 cm³/mol. The summed E-state index contributed by atoms with van der Waals surface area (Å²) in [5.41, 5.74) is 6.28. The molecule has 0 atom stereocenters. The summed E-state index contributed by atoms with van der Waals surface area (Å²) in [5.74, 6) is -0.698. The lowest BCUT2D eigenvalue weighted by molar-refractivity contribution is 0.453. The molecule has 0 aliphatic heterocycles. The van der Waals surface area contributed by atoms with Gasteiger partial charge < -0.3 is 10.8 Å². The van der Waals surface area contributed by atoms with Gasteiger partial charge in [0.1, 0.15) is 10.8 Å². The van der Waals surface area contributed by atoms with Gasteiger partial charge in [-0.15, -0.1) is 0 Å². The molecule has 2 rings (SSSR count). The molecule has 0 fully saturated rings. The lowest BCUT2D eigenvalue weighted by Crippen LogP contribution is -1.95. The van der Waals surface area contributed by atoms with Crippen molar-refractivity contribution in [2.24, 2.45) is 0 Å². The Balaban J connectivity index is 2.58. The fourth-order valence-electron chi connectivity index (χ4n) is 1.21. The normalized spacial score (nSPS) is 10.4. The van der Waals surface area contributed by atoms with Gasteiger partial charge >= 0.3 is 0 Å². The van der Waals surface area contributed by atoms with Crippen LogP contribution >= 0.6 is 11.6 Å². The molecule has 0 amide bonds. The molecule has 4 nitrogen and oxygen atoms in total. The van der Waals surface area contributed by atoms with E-state index in [2.05, 4.69) is 9.97 Å². The van der Waals surface area contributed by atoms with Crippen LogP contribution in [0.4, 0.5) is 10.1 Å². The van der Waals surface area contributed by atoms with E-state index in [9.17, 15) is 9.50 Å². The van der Waals surface area contributed by atoms with E-state index in [1.165, 1.54) is 24.4 Å². The zero-order valence-corrected chi connectivity index (χ0v) is 8.74. The highest BCUT2D eigenvalue weighted by molar-refractivity contribution is 6.31. The van der Waals surface area contributed by atoms with Crippen LogP contribution in [0.5, 0.6) is 5.88 Å². The summed E-state index contributed by atoms with van der Waals surface area (Å²) in [6.07, 6.45) is 1.23. The van der Waals surface area contributed by atoms with Crippen LogP contribution in [0, 0.1) is 5.82 Å². The molecule has 2 aromatic rings. The van der Waals surface area contributed by atoms with Crippen LogP contribution < -0.4 is 5.73 Å². The molecule has 1 heterocycles. The molecule has 0 aliphatic carbocycles. The van der Waals surface area contributed by atoms with Crippen LogP contribution in [0.3, 0.4) is 0 Å². The molecule has 0 saturated heterocycles. The van der Waals surface area contributed by atoms with Crippen LogP contribution in [0.15, 0.2) is 24.4 Å². The monoisotopic (exact) mass is 239 g/mol. The second-order valence-corrected chi connectivity index (χ2v) is 3.50. The van der Waals surface area contributed by atoms with Crippen molar-refractivity contribution in [2.45, 2.75) is 0 Å². The molecule has 1 aromatic carbocycles. The third kappa shape index (κ3) is 1.90. The Bertz CT molecular complexity index is 548. The van der Waals surface area contributed by atoms with Gasteiger partial charge in [0.05, 0.1) is 6.20 Å². The first-order valence-corrected chi connectivity index (χ1v) is 4.72. The van der Waals surface area contributed by atoms with Gasteiger partial charge in [0.2, 0.25) is 5.88 Å². The Morgan fingerprint density at radius 3 is 2.81 bits per heavy atom. The van der Waals surface area contributed by atoms with Gasteiger partial charge in [0, 0.05) is 11.3 Å². The summed E-state index contributed by atoms with van der Waals surface area (Å²) in [6, 6.07) is 3.83. The van der Waals surface area contributed by atoms with E-state index in [0.717, 1.165) is 0 Å². The Hall–Kier alpha value is -1.88. The molecule has 0 spiro atoms. The van der Waals surface area contributed by atoms with E-state index < -0.39 is 5.82 Å². The summed E-state index contributed by atoms with van der Waals surface area (Å²) in [5, 5.41) is 9.33. The van der Waals surface area contributed by atoms with Gasteiger partial charge in [-0.25, -0.2) is 9.37 Å². The highest BCUT2D eigenvalue weighted by Crippen LogP contribution is 2.27. The lowest BCUT2D eigenvalue weighted by atomic mass is 10.1. The Labute approximate surface area is 95.5 Å². The highest BCUT2D eigenvalue weighted by Gasteiger charge is 2.09. The van der Waals surface area contributed by atoms with Crippen molar-refractivity contribution >= 4 is 17.3 Å². The third-order valence-electron chi connectivity index (χ3n) is 1.98. The number of nitrogens with zero attached hydrogens (tertiary/aromatic N) is 2. The first-order valence-electron chi connectivity index (χ1n) is 4.35. The molecular weight excluding hydrogens is 233 g/mol. The van der Waals surface area contributed by atoms with E-state index in [-0.39, 0.29) is 16.7 Å². The molecule has 16 heavy (non-hydrogen) atoms. The minimum absolute atomic E-state index is 0.0266. The summed E-state index contributed by atoms with van der Waals surface area (Å²) in [7, 11) is 0. The third-order valence-corrected chi connectivity index (χ3v) is 2.25. The zero-order valence-electron chi connectivity index (χ0n) is 7.98. The van der Waals surface area contributed by atoms with Gasteiger partial charge in [-0.05, 0) is 18.2 Å². The summed E-state index contributed by atoms with van der Waals surface area (Å²) in [6.45, 7) is 0. The largest absolute Gasteiger partial charge is 0.492 e. The number of rotatable bonds is 1. The second kappa shape index (κ2) is 3.94. The molecule has 6 heteroatoms.